The van der Waals surface area contributed by atoms with Gasteiger partial charge in [0.1, 0.15) is 0 Å². The monoisotopic (exact) mass is 186 g/mol. The highest BCUT2D eigenvalue weighted by Gasteiger charge is 2.11. The van der Waals surface area contributed by atoms with E-state index in [9.17, 15) is 0 Å². The van der Waals surface area contributed by atoms with Crippen LogP contribution in [-0.2, 0) is 0 Å². The van der Waals surface area contributed by atoms with Crippen molar-refractivity contribution in [2.75, 3.05) is 13.1 Å². The first kappa shape index (κ1) is 12.9. The Balaban J connectivity index is 0.000000671. The minimum Gasteiger partial charge on any atom is -0.330 e. The van der Waals surface area contributed by atoms with Gasteiger partial charge in [-0.2, -0.15) is 0 Å². The summed E-state index contributed by atoms with van der Waals surface area (Å²) in [4.78, 5) is 0. The topological polar surface area (TPSA) is 38.0 Å². The van der Waals surface area contributed by atoms with Gasteiger partial charge >= 0.3 is 0 Å². The molecule has 80 valence electrons. The van der Waals surface area contributed by atoms with Crippen molar-refractivity contribution in [2.45, 2.75) is 58.4 Å². The van der Waals surface area contributed by atoms with Crippen molar-refractivity contribution in [3.05, 3.63) is 0 Å². The molecule has 0 aromatic heterocycles. The molecular formula is C11H26N2. The Bertz CT molecular complexity index is 88.1. The Labute approximate surface area is 83.3 Å². The zero-order valence-corrected chi connectivity index (χ0v) is 9.31. The summed E-state index contributed by atoms with van der Waals surface area (Å²) in [5, 5.41) is 3.54. The smallest absolute Gasteiger partial charge is 0.00670 e. The van der Waals surface area contributed by atoms with Gasteiger partial charge in [-0.25, -0.2) is 0 Å². The molecule has 0 amide bonds. The number of hydrogen-bond donors (Lipinski definition) is 2. The third kappa shape index (κ3) is 7.03. The van der Waals surface area contributed by atoms with Crippen LogP contribution in [0.15, 0.2) is 0 Å². The summed E-state index contributed by atoms with van der Waals surface area (Å²) >= 11 is 0. The van der Waals surface area contributed by atoms with Crippen LogP contribution < -0.4 is 11.1 Å². The molecule has 0 aliphatic heterocycles. The minimum absolute atomic E-state index is 0.801. The van der Waals surface area contributed by atoms with E-state index >= 15 is 0 Å². The lowest BCUT2D eigenvalue weighted by atomic mass is 9.95. The molecule has 2 heteroatoms. The van der Waals surface area contributed by atoms with E-state index in [1.165, 1.54) is 32.1 Å². The summed E-state index contributed by atoms with van der Waals surface area (Å²) in [5.74, 6) is 0. The van der Waals surface area contributed by atoms with E-state index in [1.54, 1.807) is 0 Å². The third-order valence-electron chi connectivity index (χ3n) is 2.42. The van der Waals surface area contributed by atoms with Crippen LogP contribution in [0.4, 0.5) is 0 Å². The van der Waals surface area contributed by atoms with Crippen molar-refractivity contribution in [2.24, 2.45) is 5.73 Å². The van der Waals surface area contributed by atoms with E-state index in [0.717, 1.165) is 25.6 Å². The fourth-order valence-corrected chi connectivity index (χ4v) is 1.71. The highest BCUT2D eigenvalue weighted by atomic mass is 14.9. The average molecular weight is 186 g/mol. The second-order valence-electron chi connectivity index (χ2n) is 3.43. The second kappa shape index (κ2) is 10.0. The van der Waals surface area contributed by atoms with Crippen LogP contribution in [0.25, 0.3) is 0 Å². The largest absolute Gasteiger partial charge is 0.330 e. The maximum absolute atomic E-state index is 5.40. The van der Waals surface area contributed by atoms with Crippen molar-refractivity contribution < 1.29 is 0 Å². The van der Waals surface area contributed by atoms with E-state index < -0.39 is 0 Å². The van der Waals surface area contributed by atoms with Crippen LogP contribution in [0, 0.1) is 0 Å². The molecule has 0 heterocycles. The van der Waals surface area contributed by atoms with Gasteiger partial charge in [0, 0.05) is 6.04 Å². The summed E-state index contributed by atoms with van der Waals surface area (Å²) in [7, 11) is 0. The van der Waals surface area contributed by atoms with E-state index in [4.69, 9.17) is 5.73 Å². The van der Waals surface area contributed by atoms with Gasteiger partial charge in [-0.15, -0.1) is 0 Å². The van der Waals surface area contributed by atoms with Crippen molar-refractivity contribution in [1.29, 1.82) is 0 Å². The predicted octanol–water partition coefficient (Wildman–Crippen LogP) is 2.28. The molecule has 0 aromatic carbocycles. The lowest BCUT2D eigenvalue weighted by Crippen LogP contribution is -2.32. The van der Waals surface area contributed by atoms with Crippen molar-refractivity contribution in [3.63, 3.8) is 0 Å². The molecule has 1 aliphatic rings. The van der Waals surface area contributed by atoms with Crippen molar-refractivity contribution >= 4 is 0 Å². The molecular weight excluding hydrogens is 160 g/mol. The molecule has 13 heavy (non-hydrogen) atoms. The summed E-state index contributed by atoms with van der Waals surface area (Å²) in [6.45, 7) is 5.93. The Morgan fingerprint density at radius 1 is 1.15 bits per heavy atom. The lowest BCUT2D eigenvalue weighted by Gasteiger charge is -2.22. The molecule has 0 saturated heterocycles. The highest BCUT2D eigenvalue weighted by molar-refractivity contribution is 4.71. The zero-order chi connectivity index (χ0) is 9.94. The molecule has 1 fully saturated rings. The van der Waals surface area contributed by atoms with Gasteiger partial charge in [-0.05, 0) is 32.4 Å². The van der Waals surface area contributed by atoms with Gasteiger partial charge in [0.15, 0.2) is 0 Å². The fraction of sp³-hybridized carbons (Fsp3) is 1.00. The molecule has 0 unspecified atom stereocenters. The van der Waals surface area contributed by atoms with Gasteiger partial charge in [-0.1, -0.05) is 33.1 Å². The SMILES string of the molecule is CC.NCCCNC1CCCCC1. The Morgan fingerprint density at radius 3 is 2.31 bits per heavy atom. The molecule has 0 spiro atoms. The normalized spacial score (nSPS) is 17.8. The van der Waals surface area contributed by atoms with Gasteiger partial charge in [0.05, 0.1) is 0 Å². The first-order chi connectivity index (χ1) is 6.43. The standard InChI is InChI=1S/C9H20N2.C2H6/c10-7-4-8-11-9-5-2-1-3-6-9;1-2/h9,11H,1-8,10H2;1-2H3. The first-order valence-electron chi connectivity index (χ1n) is 5.87. The maximum atomic E-state index is 5.40. The maximum Gasteiger partial charge on any atom is 0.00670 e. The number of rotatable bonds is 4. The number of nitrogens with one attached hydrogen (secondary N) is 1. The first-order valence-corrected chi connectivity index (χ1v) is 5.87. The van der Waals surface area contributed by atoms with E-state index in [0.29, 0.717) is 0 Å². The van der Waals surface area contributed by atoms with Crippen LogP contribution in [-0.4, -0.2) is 19.1 Å². The highest BCUT2D eigenvalue weighted by Crippen LogP contribution is 2.16. The van der Waals surface area contributed by atoms with Gasteiger partial charge < -0.3 is 11.1 Å². The van der Waals surface area contributed by atoms with E-state index in [1.807, 2.05) is 13.8 Å². The molecule has 0 atom stereocenters. The Morgan fingerprint density at radius 2 is 1.77 bits per heavy atom. The number of nitrogens with two attached hydrogens (primary N) is 1. The van der Waals surface area contributed by atoms with Crippen LogP contribution in [0.2, 0.25) is 0 Å². The fourth-order valence-electron chi connectivity index (χ4n) is 1.71. The zero-order valence-electron chi connectivity index (χ0n) is 9.31. The van der Waals surface area contributed by atoms with E-state index in [-0.39, 0.29) is 0 Å². The minimum atomic E-state index is 0.801. The van der Waals surface area contributed by atoms with Crippen LogP contribution in [0.3, 0.4) is 0 Å². The molecule has 1 saturated carbocycles. The summed E-state index contributed by atoms with van der Waals surface area (Å²) in [6.07, 6.45) is 8.15. The van der Waals surface area contributed by atoms with Crippen molar-refractivity contribution in [3.8, 4) is 0 Å². The molecule has 0 radical (unpaired) electrons. The van der Waals surface area contributed by atoms with Crippen molar-refractivity contribution in [1.82, 2.24) is 5.32 Å². The number of hydrogen-bond acceptors (Lipinski definition) is 2. The summed E-state index contributed by atoms with van der Waals surface area (Å²) < 4.78 is 0. The van der Waals surface area contributed by atoms with Gasteiger partial charge in [-0.3, -0.25) is 0 Å². The summed E-state index contributed by atoms with van der Waals surface area (Å²) in [6, 6.07) is 0.801. The molecule has 0 aromatic rings. The van der Waals surface area contributed by atoms with E-state index in [2.05, 4.69) is 5.32 Å². The second-order valence-corrected chi connectivity index (χ2v) is 3.43. The molecule has 0 bridgehead atoms. The molecule has 2 nitrogen and oxygen atoms in total. The summed E-state index contributed by atoms with van der Waals surface area (Å²) in [5.41, 5.74) is 5.40. The third-order valence-corrected chi connectivity index (χ3v) is 2.42. The average Bonchev–Trinajstić information content (AvgIpc) is 2.23. The van der Waals surface area contributed by atoms with Gasteiger partial charge in [0.2, 0.25) is 0 Å². The molecule has 1 aliphatic carbocycles. The van der Waals surface area contributed by atoms with Crippen LogP contribution >= 0.6 is 0 Å². The predicted molar refractivity (Wildman–Crippen MR) is 59.9 cm³/mol. The molecule has 3 N–H and O–H groups in total. The Hall–Kier alpha value is -0.0800. The molecule has 1 rings (SSSR count). The van der Waals surface area contributed by atoms with Crippen LogP contribution in [0.5, 0.6) is 0 Å². The quantitative estimate of drug-likeness (QED) is 0.661. The van der Waals surface area contributed by atoms with Crippen LogP contribution in [0.1, 0.15) is 52.4 Å². The Kier molecular flexibility index (Phi) is 9.94. The van der Waals surface area contributed by atoms with Gasteiger partial charge in [0.25, 0.3) is 0 Å². The lowest BCUT2D eigenvalue weighted by molar-refractivity contribution is 0.373.